The molecule has 0 aromatic heterocycles. The summed E-state index contributed by atoms with van der Waals surface area (Å²) in [5.41, 5.74) is 5.08. The molecule has 0 saturated heterocycles. The molecule has 0 aliphatic carbocycles. The van der Waals surface area contributed by atoms with Crippen molar-refractivity contribution in [3.05, 3.63) is 24.4 Å². The third-order valence-electron chi connectivity index (χ3n) is 0.718. The van der Waals surface area contributed by atoms with E-state index in [1.165, 1.54) is 6.20 Å². The van der Waals surface area contributed by atoms with Gasteiger partial charge in [-0.05, 0) is 18.2 Å². The van der Waals surface area contributed by atoms with E-state index >= 15 is 0 Å². The molecule has 0 heterocycles. The molecule has 0 aliphatic rings. The Hall–Kier alpha value is -0.720. The molecule has 0 radical (unpaired) electrons. The maximum Gasteiger partial charge on any atom is -0.00625 e. The molecule has 0 bridgehead atoms. The van der Waals surface area contributed by atoms with Crippen LogP contribution < -0.4 is 5.73 Å². The van der Waals surface area contributed by atoms with Gasteiger partial charge in [0.1, 0.15) is 0 Å². The number of rotatable bonds is 2. The topological polar surface area (TPSA) is 26.0 Å². The first-order valence-corrected chi connectivity index (χ1v) is 2.82. The normalized spacial score (nSPS) is 12.4. The van der Waals surface area contributed by atoms with Crippen molar-refractivity contribution in [2.45, 2.75) is 13.8 Å². The third-order valence-corrected chi connectivity index (χ3v) is 0.718. The summed E-state index contributed by atoms with van der Waals surface area (Å²) in [7, 11) is 0. The van der Waals surface area contributed by atoms with Crippen LogP contribution in [0.4, 0.5) is 0 Å². The molecule has 0 spiro atoms. The Morgan fingerprint density at radius 2 is 1.88 bits per heavy atom. The lowest BCUT2D eigenvalue weighted by molar-refractivity contribution is 0.832. The van der Waals surface area contributed by atoms with Crippen LogP contribution in [-0.4, -0.2) is 0 Å². The van der Waals surface area contributed by atoms with Crippen molar-refractivity contribution >= 4 is 0 Å². The highest BCUT2D eigenvalue weighted by atomic mass is 14.5. The maximum atomic E-state index is 5.08. The summed E-state index contributed by atoms with van der Waals surface area (Å²) in [5, 5.41) is 0. The van der Waals surface area contributed by atoms with Crippen molar-refractivity contribution < 1.29 is 0 Å². The average Bonchev–Trinajstić information content (AvgIpc) is 1.66. The van der Waals surface area contributed by atoms with Crippen LogP contribution in [0.1, 0.15) is 13.8 Å². The molecular formula is C7H13N. The van der Waals surface area contributed by atoms with Crippen molar-refractivity contribution in [1.82, 2.24) is 0 Å². The monoisotopic (exact) mass is 111 g/mol. The largest absolute Gasteiger partial charge is 0.405 e. The van der Waals surface area contributed by atoms with Gasteiger partial charge in [-0.25, -0.2) is 0 Å². The molecule has 8 heavy (non-hydrogen) atoms. The van der Waals surface area contributed by atoms with Crippen LogP contribution in [0.2, 0.25) is 0 Å². The summed E-state index contributed by atoms with van der Waals surface area (Å²) >= 11 is 0. The maximum absolute atomic E-state index is 5.08. The van der Waals surface area contributed by atoms with Crippen LogP contribution in [0.3, 0.4) is 0 Å². The van der Waals surface area contributed by atoms with Crippen LogP contribution in [0.25, 0.3) is 0 Å². The molecule has 0 aromatic carbocycles. The first kappa shape index (κ1) is 7.28. The summed E-state index contributed by atoms with van der Waals surface area (Å²) in [6.45, 7) is 4.25. The van der Waals surface area contributed by atoms with Crippen LogP contribution in [-0.2, 0) is 0 Å². The fourth-order valence-electron chi connectivity index (χ4n) is 0.351. The molecule has 0 unspecified atom stereocenters. The Morgan fingerprint density at radius 1 is 1.25 bits per heavy atom. The molecule has 0 amide bonds. The summed E-state index contributed by atoms with van der Waals surface area (Å²) in [4.78, 5) is 0. The first-order chi connectivity index (χ1) is 3.77. The molecule has 0 aliphatic heterocycles. The summed E-state index contributed by atoms with van der Waals surface area (Å²) in [5.74, 6) is 0.617. The van der Waals surface area contributed by atoms with Gasteiger partial charge in [-0.15, -0.1) is 0 Å². The predicted molar refractivity (Wildman–Crippen MR) is 37.3 cm³/mol. The number of hydrogen-bond donors (Lipinski definition) is 1. The van der Waals surface area contributed by atoms with Gasteiger partial charge in [0.15, 0.2) is 0 Å². The van der Waals surface area contributed by atoms with Gasteiger partial charge in [0.25, 0.3) is 0 Å². The van der Waals surface area contributed by atoms with Gasteiger partial charge < -0.3 is 5.73 Å². The van der Waals surface area contributed by atoms with Gasteiger partial charge >= 0.3 is 0 Å². The van der Waals surface area contributed by atoms with E-state index in [1.807, 2.05) is 12.2 Å². The lowest BCUT2D eigenvalue weighted by Crippen LogP contribution is -1.76. The quantitative estimate of drug-likeness (QED) is 0.539. The molecule has 0 rings (SSSR count). The van der Waals surface area contributed by atoms with E-state index in [1.54, 1.807) is 0 Å². The molecule has 0 atom stereocenters. The van der Waals surface area contributed by atoms with Gasteiger partial charge in [-0.1, -0.05) is 26.0 Å². The second-order valence-corrected chi connectivity index (χ2v) is 2.01. The lowest BCUT2D eigenvalue weighted by atomic mass is 10.2. The minimum absolute atomic E-state index is 0.617. The fourth-order valence-corrected chi connectivity index (χ4v) is 0.351. The second-order valence-electron chi connectivity index (χ2n) is 2.01. The fraction of sp³-hybridized carbons (Fsp3) is 0.429. The predicted octanol–water partition coefficient (Wildman–Crippen LogP) is 1.67. The average molecular weight is 111 g/mol. The highest BCUT2D eigenvalue weighted by molar-refractivity contribution is 5.01. The molecule has 46 valence electrons. The Balaban J connectivity index is 3.34. The number of allylic oxidation sites excluding steroid dienone is 3. The number of hydrogen-bond acceptors (Lipinski definition) is 1. The lowest BCUT2D eigenvalue weighted by Gasteiger charge is -1.87. The summed E-state index contributed by atoms with van der Waals surface area (Å²) < 4.78 is 0. The highest BCUT2D eigenvalue weighted by Gasteiger charge is 1.77. The van der Waals surface area contributed by atoms with E-state index in [9.17, 15) is 0 Å². The molecule has 0 fully saturated rings. The van der Waals surface area contributed by atoms with Gasteiger partial charge in [0.05, 0.1) is 0 Å². The summed E-state index contributed by atoms with van der Waals surface area (Å²) in [6, 6.07) is 0. The van der Waals surface area contributed by atoms with E-state index in [-0.39, 0.29) is 0 Å². The molecule has 1 nitrogen and oxygen atoms in total. The van der Waals surface area contributed by atoms with Gasteiger partial charge in [-0.3, -0.25) is 0 Å². The zero-order valence-electron chi connectivity index (χ0n) is 5.46. The van der Waals surface area contributed by atoms with E-state index < -0.39 is 0 Å². The SMILES string of the molecule is CC(C)/C=C\C=C\N. The van der Waals surface area contributed by atoms with Crippen LogP contribution in [0.5, 0.6) is 0 Å². The van der Waals surface area contributed by atoms with Crippen molar-refractivity contribution in [2.24, 2.45) is 11.7 Å². The Kier molecular flexibility index (Phi) is 4.04. The van der Waals surface area contributed by atoms with Crippen LogP contribution in [0.15, 0.2) is 24.4 Å². The second kappa shape index (κ2) is 4.44. The highest BCUT2D eigenvalue weighted by Crippen LogP contribution is 1.92. The Morgan fingerprint density at radius 3 is 2.25 bits per heavy atom. The molecule has 1 heteroatoms. The van der Waals surface area contributed by atoms with Gasteiger partial charge in [0, 0.05) is 0 Å². The third kappa shape index (κ3) is 5.28. The zero-order valence-corrected chi connectivity index (χ0v) is 5.46. The van der Waals surface area contributed by atoms with Crippen molar-refractivity contribution in [3.8, 4) is 0 Å². The molecular weight excluding hydrogens is 98.1 g/mol. The Bertz CT molecular complexity index is 90.6. The zero-order chi connectivity index (χ0) is 6.41. The first-order valence-electron chi connectivity index (χ1n) is 2.82. The Labute approximate surface area is 50.9 Å². The van der Waals surface area contributed by atoms with E-state index in [0.717, 1.165) is 0 Å². The van der Waals surface area contributed by atoms with Crippen LogP contribution in [0, 0.1) is 5.92 Å². The van der Waals surface area contributed by atoms with E-state index in [2.05, 4.69) is 19.9 Å². The molecule has 0 saturated carbocycles. The van der Waals surface area contributed by atoms with Crippen molar-refractivity contribution in [1.29, 1.82) is 0 Å². The van der Waals surface area contributed by atoms with Gasteiger partial charge in [-0.2, -0.15) is 0 Å². The molecule has 0 aromatic rings. The van der Waals surface area contributed by atoms with E-state index in [0.29, 0.717) is 5.92 Å². The minimum atomic E-state index is 0.617. The smallest absolute Gasteiger partial charge is 0.00625 e. The standard InChI is InChI=1S/C7H13N/c1-7(2)5-3-4-6-8/h3-7H,8H2,1-2H3/b5-3-,6-4+. The van der Waals surface area contributed by atoms with E-state index in [4.69, 9.17) is 5.73 Å². The minimum Gasteiger partial charge on any atom is -0.405 e. The number of nitrogens with two attached hydrogens (primary N) is 1. The molecule has 2 N–H and O–H groups in total. The van der Waals surface area contributed by atoms with Crippen LogP contribution >= 0.6 is 0 Å². The van der Waals surface area contributed by atoms with Crippen molar-refractivity contribution in [2.75, 3.05) is 0 Å². The van der Waals surface area contributed by atoms with Gasteiger partial charge in [0.2, 0.25) is 0 Å². The van der Waals surface area contributed by atoms with Crippen molar-refractivity contribution in [3.63, 3.8) is 0 Å². The summed E-state index contributed by atoms with van der Waals surface area (Å²) in [6.07, 6.45) is 7.38.